The van der Waals surface area contributed by atoms with E-state index in [9.17, 15) is 0 Å². The van der Waals surface area contributed by atoms with Crippen LogP contribution in [0.3, 0.4) is 0 Å². The summed E-state index contributed by atoms with van der Waals surface area (Å²) in [5.41, 5.74) is 6.24. The third-order valence-corrected chi connectivity index (χ3v) is 5.54. The van der Waals surface area contributed by atoms with Gasteiger partial charge < -0.3 is 5.73 Å². The maximum absolute atomic E-state index is 6.24. The maximum atomic E-state index is 6.24. The molecule has 1 heterocycles. The fourth-order valence-electron chi connectivity index (χ4n) is 3.99. The Bertz CT molecular complexity index is 262. The molecule has 0 radical (unpaired) electrons. The molecule has 0 aromatic heterocycles. The number of rotatable bonds is 2. The molecule has 1 aliphatic heterocycles. The van der Waals surface area contributed by atoms with Crippen LogP contribution in [0.2, 0.25) is 0 Å². The molecular weight excluding hydrogens is 208 g/mol. The van der Waals surface area contributed by atoms with Gasteiger partial charge >= 0.3 is 0 Å². The van der Waals surface area contributed by atoms with Crippen molar-refractivity contribution in [3.8, 4) is 0 Å². The molecule has 0 aromatic rings. The van der Waals surface area contributed by atoms with Gasteiger partial charge in [-0.25, -0.2) is 0 Å². The van der Waals surface area contributed by atoms with E-state index < -0.39 is 0 Å². The Hall–Kier alpha value is -0.0800. The average molecular weight is 236 g/mol. The lowest BCUT2D eigenvalue weighted by molar-refractivity contribution is 0.0773. The van der Waals surface area contributed by atoms with Crippen molar-refractivity contribution in [2.75, 3.05) is 13.1 Å². The summed E-state index contributed by atoms with van der Waals surface area (Å²) in [5.74, 6) is 2.90. The first-order valence-electron chi connectivity index (χ1n) is 7.73. The van der Waals surface area contributed by atoms with Crippen molar-refractivity contribution in [1.29, 1.82) is 0 Å². The quantitative estimate of drug-likeness (QED) is 0.798. The lowest BCUT2D eigenvalue weighted by atomic mass is 9.81. The van der Waals surface area contributed by atoms with Gasteiger partial charge in [0.2, 0.25) is 0 Å². The van der Waals surface area contributed by atoms with Gasteiger partial charge in [0.1, 0.15) is 0 Å². The van der Waals surface area contributed by atoms with E-state index in [0.29, 0.717) is 6.04 Å². The zero-order valence-corrected chi connectivity index (χ0v) is 11.3. The van der Waals surface area contributed by atoms with Crippen LogP contribution in [-0.2, 0) is 0 Å². The maximum Gasteiger partial charge on any atom is 0.0194 e. The number of hydrogen-bond acceptors (Lipinski definition) is 2. The van der Waals surface area contributed by atoms with Gasteiger partial charge in [0.05, 0.1) is 0 Å². The lowest BCUT2D eigenvalue weighted by Crippen LogP contribution is -2.52. The number of nitrogens with zero attached hydrogens (tertiary/aromatic N) is 1. The van der Waals surface area contributed by atoms with E-state index in [2.05, 4.69) is 11.8 Å². The Morgan fingerprint density at radius 3 is 2.53 bits per heavy atom. The molecule has 0 spiro atoms. The highest BCUT2D eigenvalue weighted by Gasteiger charge is 2.37. The first-order chi connectivity index (χ1) is 8.24. The first-order valence-corrected chi connectivity index (χ1v) is 7.73. The zero-order valence-electron chi connectivity index (χ0n) is 11.3. The molecule has 4 atom stereocenters. The largest absolute Gasteiger partial charge is 0.326 e. The van der Waals surface area contributed by atoms with Crippen molar-refractivity contribution in [3.63, 3.8) is 0 Å². The molecule has 0 aromatic carbocycles. The molecule has 2 saturated carbocycles. The molecule has 1 saturated heterocycles. The fourth-order valence-corrected chi connectivity index (χ4v) is 3.99. The van der Waals surface area contributed by atoms with Crippen LogP contribution in [0.4, 0.5) is 0 Å². The zero-order chi connectivity index (χ0) is 11.8. The number of likely N-dealkylation sites (tertiary alicyclic amines) is 1. The SMILES string of the molecule is CC1CCN(C2CCCC(C3CC3)C2)CC1N. The second-order valence-corrected chi connectivity index (χ2v) is 6.84. The van der Waals surface area contributed by atoms with Gasteiger partial charge in [-0.15, -0.1) is 0 Å². The van der Waals surface area contributed by atoms with Gasteiger partial charge in [-0.05, 0) is 56.4 Å². The Kier molecular flexibility index (Phi) is 3.45. The summed E-state index contributed by atoms with van der Waals surface area (Å²) in [6.07, 6.45) is 10.2. The fraction of sp³-hybridized carbons (Fsp3) is 1.00. The molecule has 3 fully saturated rings. The topological polar surface area (TPSA) is 29.3 Å². The van der Waals surface area contributed by atoms with Gasteiger partial charge in [-0.2, -0.15) is 0 Å². The van der Waals surface area contributed by atoms with Crippen LogP contribution in [0.1, 0.15) is 51.9 Å². The summed E-state index contributed by atoms with van der Waals surface area (Å²) in [5, 5.41) is 0. The molecule has 3 rings (SSSR count). The molecule has 4 unspecified atom stereocenters. The van der Waals surface area contributed by atoms with Crippen molar-refractivity contribution >= 4 is 0 Å². The third kappa shape index (κ3) is 2.68. The molecule has 2 aliphatic carbocycles. The van der Waals surface area contributed by atoms with E-state index in [1.165, 1.54) is 51.5 Å². The van der Waals surface area contributed by atoms with Gasteiger partial charge in [0.15, 0.2) is 0 Å². The molecule has 2 nitrogen and oxygen atoms in total. The monoisotopic (exact) mass is 236 g/mol. The van der Waals surface area contributed by atoms with Crippen LogP contribution in [0, 0.1) is 17.8 Å². The molecule has 17 heavy (non-hydrogen) atoms. The second kappa shape index (κ2) is 4.89. The van der Waals surface area contributed by atoms with Crippen LogP contribution in [0.25, 0.3) is 0 Å². The minimum Gasteiger partial charge on any atom is -0.326 e. The summed E-state index contributed by atoms with van der Waals surface area (Å²) < 4.78 is 0. The first kappa shape index (κ1) is 12.0. The van der Waals surface area contributed by atoms with Gasteiger partial charge in [0, 0.05) is 18.6 Å². The summed E-state index contributed by atoms with van der Waals surface area (Å²) in [6, 6.07) is 1.29. The lowest BCUT2D eigenvalue weighted by Gasteiger charge is -2.43. The molecule has 0 bridgehead atoms. The summed E-state index contributed by atoms with van der Waals surface area (Å²) in [7, 11) is 0. The Morgan fingerprint density at radius 2 is 1.82 bits per heavy atom. The normalized spacial score (nSPS) is 44.8. The van der Waals surface area contributed by atoms with Gasteiger partial charge in [-0.1, -0.05) is 19.8 Å². The summed E-state index contributed by atoms with van der Waals surface area (Å²) >= 11 is 0. The van der Waals surface area contributed by atoms with Gasteiger partial charge in [0.25, 0.3) is 0 Å². The Balaban J connectivity index is 1.56. The Labute approximate surface area is 106 Å². The predicted molar refractivity (Wildman–Crippen MR) is 71.8 cm³/mol. The third-order valence-electron chi connectivity index (χ3n) is 5.54. The van der Waals surface area contributed by atoms with Crippen molar-refractivity contribution in [1.82, 2.24) is 4.90 Å². The number of hydrogen-bond donors (Lipinski definition) is 1. The van der Waals surface area contributed by atoms with Crippen LogP contribution >= 0.6 is 0 Å². The van der Waals surface area contributed by atoms with Crippen LogP contribution < -0.4 is 5.73 Å². The second-order valence-electron chi connectivity index (χ2n) is 6.84. The van der Waals surface area contributed by atoms with E-state index in [1.807, 2.05) is 0 Å². The van der Waals surface area contributed by atoms with Crippen LogP contribution in [0.5, 0.6) is 0 Å². The van der Waals surface area contributed by atoms with Crippen molar-refractivity contribution in [2.45, 2.75) is 64.0 Å². The van der Waals surface area contributed by atoms with E-state index in [1.54, 1.807) is 0 Å². The van der Waals surface area contributed by atoms with Crippen molar-refractivity contribution in [2.24, 2.45) is 23.5 Å². The molecule has 3 aliphatic rings. The van der Waals surface area contributed by atoms with Gasteiger partial charge in [-0.3, -0.25) is 4.90 Å². The van der Waals surface area contributed by atoms with E-state index >= 15 is 0 Å². The van der Waals surface area contributed by atoms with Crippen molar-refractivity contribution < 1.29 is 0 Å². The molecular formula is C15H28N2. The summed E-state index contributed by atoms with van der Waals surface area (Å²) in [4.78, 5) is 2.72. The summed E-state index contributed by atoms with van der Waals surface area (Å²) in [6.45, 7) is 4.77. The molecule has 0 amide bonds. The smallest absolute Gasteiger partial charge is 0.0194 e. The van der Waals surface area contributed by atoms with Crippen LogP contribution in [-0.4, -0.2) is 30.1 Å². The molecule has 2 heteroatoms. The van der Waals surface area contributed by atoms with E-state index in [0.717, 1.165) is 30.3 Å². The highest BCUT2D eigenvalue weighted by molar-refractivity contribution is 4.91. The average Bonchev–Trinajstić information content (AvgIpc) is 3.17. The van der Waals surface area contributed by atoms with E-state index in [4.69, 9.17) is 5.73 Å². The minimum absolute atomic E-state index is 0.421. The number of nitrogens with two attached hydrogens (primary N) is 1. The molecule has 98 valence electrons. The Morgan fingerprint density at radius 1 is 1.00 bits per heavy atom. The standard InChI is InChI=1S/C15H28N2/c1-11-7-8-17(10-15(11)16)14-4-2-3-13(9-14)12-5-6-12/h11-15H,2-10,16H2,1H3. The predicted octanol–water partition coefficient (Wildman–Crippen LogP) is 2.62. The number of piperidine rings is 1. The minimum atomic E-state index is 0.421. The van der Waals surface area contributed by atoms with Crippen LogP contribution in [0.15, 0.2) is 0 Å². The van der Waals surface area contributed by atoms with E-state index in [-0.39, 0.29) is 0 Å². The highest BCUT2D eigenvalue weighted by Crippen LogP contribution is 2.45. The highest BCUT2D eigenvalue weighted by atomic mass is 15.2. The van der Waals surface area contributed by atoms with Crippen molar-refractivity contribution in [3.05, 3.63) is 0 Å². The molecule has 2 N–H and O–H groups in total.